The van der Waals surface area contributed by atoms with Crippen molar-refractivity contribution < 1.29 is 18.0 Å². The smallest absolute Gasteiger partial charge is 0.355 e. The first-order valence-corrected chi connectivity index (χ1v) is 5.16. The van der Waals surface area contributed by atoms with E-state index in [4.69, 9.17) is 0 Å². The van der Waals surface area contributed by atoms with E-state index in [-0.39, 0.29) is 23.5 Å². The van der Waals surface area contributed by atoms with E-state index in [1.54, 1.807) is 0 Å². The summed E-state index contributed by atoms with van der Waals surface area (Å²) in [6.07, 6.45) is -4.29. The zero-order valence-corrected chi connectivity index (χ0v) is 8.65. The first-order chi connectivity index (χ1) is 7.45. The summed E-state index contributed by atoms with van der Waals surface area (Å²) in [5.74, 6) is -1.28. The summed E-state index contributed by atoms with van der Waals surface area (Å²) < 4.78 is 39.7. The van der Waals surface area contributed by atoms with Crippen LogP contribution in [0.2, 0.25) is 0 Å². The van der Waals surface area contributed by atoms with Gasteiger partial charge in [0.15, 0.2) is 0 Å². The fourth-order valence-corrected chi connectivity index (χ4v) is 1.94. The summed E-state index contributed by atoms with van der Waals surface area (Å²) >= 11 is 0.633. The quantitative estimate of drug-likeness (QED) is 0.819. The minimum Gasteiger partial charge on any atom is -0.355 e. The van der Waals surface area contributed by atoms with E-state index < -0.39 is 12.0 Å². The molecule has 1 amide bonds. The summed E-state index contributed by atoms with van der Waals surface area (Å²) in [6, 6.07) is -0.221. The highest BCUT2D eigenvalue weighted by molar-refractivity contribution is 7.09. The van der Waals surface area contributed by atoms with Crippen molar-refractivity contribution in [2.24, 2.45) is 0 Å². The molecule has 0 bridgehead atoms. The van der Waals surface area contributed by atoms with E-state index in [9.17, 15) is 18.0 Å². The molecule has 1 aromatic heterocycles. The fourth-order valence-electron chi connectivity index (χ4n) is 1.28. The van der Waals surface area contributed by atoms with Crippen LogP contribution < -0.4 is 10.6 Å². The maximum absolute atomic E-state index is 12.2. The van der Waals surface area contributed by atoms with E-state index in [2.05, 4.69) is 20.0 Å². The first-order valence-electron chi connectivity index (χ1n) is 4.39. The predicted molar refractivity (Wildman–Crippen MR) is 49.9 cm³/mol. The highest BCUT2D eigenvalue weighted by Crippen LogP contribution is 2.29. The molecule has 1 unspecified atom stereocenters. The van der Waals surface area contributed by atoms with Gasteiger partial charge in [-0.25, -0.2) is 0 Å². The van der Waals surface area contributed by atoms with Crippen LogP contribution in [0.5, 0.6) is 0 Å². The number of rotatable bonds is 2. The number of amides is 1. The number of halogens is 3. The highest BCUT2D eigenvalue weighted by atomic mass is 32.1. The summed E-state index contributed by atoms with van der Waals surface area (Å²) in [5.41, 5.74) is 0. The third-order valence-electron chi connectivity index (χ3n) is 1.98. The number of hydrogen-bond donors (Lipinski definition) is 2. The Kier molecular flexibility index (Phi) is 2.70. The monoisotopic (exact) mass is 252 g/mol. The van der Waals surface area contributed by atoms with Gasteiger partial charge < -0.3 is 10.6 Å². The van der Waals surface area contributed by atoms with Crippen molar-refractivity contribution in [2.75, 3.05) is 11.9 Å². The molecule has 1 fully saturated rings. The largest absolute Gasteiger partial charge is 0.452 e. The van der Waals surface area contributed by atoms with E-state index >= 15 is 0 Å². The molecule has 1 aliphatic heterocycles. The molecule has 0 saturated carbocycles. The van der Waals surface area contributed by atoms with Crippen LogP contribution in [0.3, 0.4) is 0 Å². The molecule has 5 nitrogen and oxygen atoms in total. The van der Waals surface area contributed by atoms with Crippen molar-refractivity contribution in [3.63, 3.8) is 0 Å². The average molecular weight is 252 g/mol. The number of carbonyl (C=O) groups is 1. The first kappa shape index (κ1) is 11.1. The lowest BCUT2D eigenvalue weighted by Gasteiger charge is -2.07. The second-order valence-electron chi connectivity index (χ2n) is 3.27. The minimum absolute atomic E-state index is 0.0776. The zero-order chi connectivity index (χ0) is 11.8. The molecule has 0 radical (unpaired) electrons. The van der Waals surface area contributed by atoms with Crippen molar-refractivity contribution in [3.8, 4) is 0 Å². The van der Waals surface area contributed by atoms with Crippen molar-refractivity contribution in [1.29, 1.82) is 0 Å². The topological polar surface area (TPSA) is 66.9 Å². The van der Waals surface area contributed by atoms with Gasteiger partial charge in [-0.1, -0.05) is 0 Å². The SMILES string of the molecule is O=C1CC(Nc2nc(C(F)(F)F)ns2)CN1. The molecule has 88 valence electrons. The highest BCUT2D eigenvalue weighted by Gasteiger charge is 2.36. The van der Waals surface area contributed by atoms with Crippen molar-refractivity contribution in [3.05, 3.63) is 5.82 Å². The summed E-state index contributed by atoms with van der Waals surface area (Å²) in [5, 5.41) is 5.36. The van der Waals surface area contributed by atoms with Gasteiger partial charge in [-0.3, -0.25) is 4.79 Å². The van der Waals surface area contributed by atoms with Gasteiger partial charge in [-0.2, -0.15) is 22.5 Å². The molecule has 1 aromatic rings. The Balaban J connectivity index is 2.00. The Hall–Kier alpha value is -1.38. The van der Waals surface area contributed by atoms with Gasteiger partial charge in [0.05, 0.1) is 6.04 Å². The molecule has 2 heterocycles. The molecular weight excluding hydrogens is 245 g/mol. The standard InChI is InChI=1S/C7H7F3N4OS/c8-7(9,10)5-13-6(16-14-5)12-3-1-4(15)11-2-3/h3H,1-2H2,(H,11,15)(H,12,13,14). The summed E-state index contributed by atoms with van der Waals surface area (Å²) in [7, 11) is 0. The van der Waals surface area contributed by atoms with Crippen LogP contribution in [-0.4, -0.2) is 27.9 Å². The van der Waals surface area contributed by atoms with E-state index in [1.165, 1.54) is 0 Å². The van der Waals surface area contributed by atoms with Crippen LogP contribution in [-0.2, 0) is 11.0 Å². The maximum Gasteiger partial charge on any atom is 0.452 e. The molecule has 2 rings (SSSR count). The lowest BCUT2D eigenvalue weighted by Crippen LogP contribution is -2.22. The second kappa shape index (κ2) is 3.89. The molecule has 1 atom stereocenters. The van der Waals surface area contributed by atoms with Crippen LogP contribution in [0, 0.1) is 0 Å². The molecule has 0 aliphatic carbocycles. The minimum atomic E-state index is -4.53. The van der Waals surface area contributed by atoms with E-state index in [1.807, 2.05) is 0 Å². The Morgan fingerprint density at radius 2 is 2.25 bits per heavy atom. The summed E-state index contributed by atoms with van der Waals surface area (Å²) in [6.45, 7) is 0.389. The normalized spacial score (nSPS) is 20.9. The number of nitrogens with zero attached hydrogens (tertiary/aromatic N) is 2. The van der Waals surface area contributed by atoms with Gasteiger partial charge in [0.1, 0.15) is 0 Å². The molecule has 16 heavy (non-hydrogen) atoms. The van der Waals surface area contributed by atoms with Gasteiger partial charge in [0.2, 0.25) is 16.9 Å². The number of anilines is 1. The Labute approximate surface area is 92.2 Å². The molecule has 0 spiro atoms. The summed E-state index contributed by atoms with van der Waals surface area (Å²) in [4.78, 5) is 14.1. The average Bonchev–Trinajstić information content (AvgIpc) is 2.74. The molecule has 9 heteroatoms. The number of hydrogen-bond acceptors (Lipinski definition) is 5. The molecule has 1 aliphatic rings. The molecule has 0 aromatic carbocycles. The van der Waals surface area contributed by atoms with Crippen molar-refractivity contribution in [2.45, 2.75) is 18.6 Å². The van der Waals surface area contributed by atoms with Crippen LogP contribution in [0.15, 0.2) is 0 Å². The fraction of sp³-hybridized carbons (Fsp3) is 0.571. The van der Waals surface area contributed by atoms with Crippen LogP contribution >= 0.6 is 11.5 Å². The van der Waals surface area contributed by atoms with E-state index in [0.29, 0.717) is 18.1 Å². The van der Waals surface area contributed by atoms with Crippen molar-refractivity contribution >= 4 is 22.6 Å². The lowest BCUT2D eigenvalue weighted by atomic mass is 10.3. The third kappa shape index (κ3) is 2.40. The van der Waals surface area contributed by atoms with E-state index in [0.717, 1.165) is 0 Å². The zero-order valence-electron chi connectivity index (χ0n) is 7.84. The number of aromatic nitrogens is 2. The molecule has 1 saturated heterocycles. The third-order valence-corrected chi connectivity index (χ3v) is 2.63. The number of alkyl halides is 3. The predicted octanol–water partition coefficient (Wildman–Crippen LogP) is 0.857. The van der Waals surface area contributed by atoms with Crippen LogP contribution in [0.25, 0.3) is 0 Å². The Bertz CT molecular complexity index is 405. The Morgan fingerprint density at radius 1 is 1.50 bits per heavy atom. The molecular formula is C7H7F3N4OS. The lowest BCUT2D eigenvalue weighted by molar-refractivity contribution is -0.144. The van der Waals surface area contributed by atoms with Gasteiger partial charge in [0, 0.05) is 24.5 Å². The van der Waals surface area contributed by atoms with Crippen molar-refractivity contribution in [1.82, 2.24) is 14.7 Å². The maximum atomic E-state index is 12.2. The Morgan fingerprint density at radius 3 is 2.75 bits per heavy atom. The number of carbonyl (C=O) groups excluding carboxylic acids is 1. The van der Waals surface area contributed by atoms with Crippen LogP contribution in [0.1, 0.15) is 12.2 Å². The second-order valence-corrected chi connectivity index (χ2v) is 4.02. The number of nitrogens with one attached hydrogen (secondary N) is 2. The van der Waals surface area contributed by atoms with Crippen LogP contribution in [0.4, 0.5) is 18.3 Å². The van der Waals surface area contributed by atoms with Gasteiger partial charge >= 0.3 is 6.18 Å². The van der Waals surface area contributed by atoms with Gasteiger partial charge in [-0.05, 0) is 0 Å². The van der Waals surface area contributed by atoms with Gasteiger partial charge in [0.25, 0.3) is 0 Å². The molecule has 2 N–H and O–H groups in total. The van der Waals surface area contributed by atoms with Gasteiger partial charge in [-0.15, -0.1) is 0 Å².